The summed E-state index contributed by atoms with van der Waals surface area (Å²) in [6, 6.07) is 18.7. The molecule has 0 N–H and O–H groups in total. The monoisotopic (exact) mass is 378 g/mol. The van der Waals surface area contributed by atoms with Crippen molar-refractivity contribution in [3.05, 3.63) is 60.2 Å². The number of likely N-dealkylation sites (N-methyl/N-ethyl adjacent to an activating group) is 1. The fraction of sp³-hybridized carbons (Fsp3) is 0.364. The Bertz CT molecular complexity index is 945. The molecule has 1 unspecified atom stereocenters. The SMILES string of the molecule is C[C@@H]1C[C@@]23S[C@@](C)(C(=O)N2C1c1ccc(-c2ccccc2)cc1)N(C)C3=O. The fourth-order valence-electron chi connectivity index (χ4n) is 4.99. The molecule has 0 aliphatic carbocycles. The van der Waals surface area contributed by atoms with Crippen molar-refractivity contribution in [3.63, 3.8) is 0 Å². The first-order valence-corrected chi connectivity index (χ1v) is 10.2. The number of benzene rings is 2. The fourth-order valence-corrected chi connectivity index (χ4v) is 6.91. The van der Waals surface area contributed by atoms with Gasteiger partial charge in [0.1, 0.15) is 0 Å². The third-order valence-electron chi connectivity index (χ3n) is 6.43. The van der Waals surface area contributed by atoms with Crippen LogP contribution in [0.1, 0.15) is 31.9 Å². The average molecular weight is 378 g/mol. The lowest BCUT2D eigenvalue weighted by molar-refractivity contribution is -0.159. The van der Waals surface area contributed by atoms with E-state index in [2.05, 4.69) is 43.3 Å². The molecule has 2 aromatic carbocycles. The van der Waals surface area contributed by atoms with E-state index < -0.39 is 9.74 Å². The quantitative estimate of drug-likeness (QED) is 0.796. The molecule has 2 aromatic rings. The Morgan fingerprint density at radius 3 is 2.26 bits per heavy atom. The van der Waals surface area contributed by atoms with Crippen LogP contribution in [0.2, 0.25) is 0 Å². The second-order valence-electron chi connectivity index (χ2n) is 8.02. The molecule has 3 heterocycles. The van der Waals surface area contributed by atoms with Crippen LogP contribution in [0.3, 0.4) is 0 Å². The molecule has 3 fully saturated rings. The van der Waals surface area contributed by atoms with Crippen LogP contribution >= 0.6 is 11.8 Å². The first-order valence-electron chi connectivity index (χ1n) is 9.36. The summed E-state index contributed by atoms with van der Waals surface area (Å²) in [7, 11) is 1.76. The Balaban J connectivity index is 1.53. The highest BCUT2D eigenvalue weighted by atomic mass is 32.2. The lowest BCUT2D eigenvalue weighted by atomic mass is 9.93. The molecule has 3 saturated heterocycles. The first kappa shape index (κ1) is 16.9. The van der Waals surface area contributed by atoms with E-state index in [4.69, 9.17) is 0 Å². The Labute approximate surface area is 163 Å². The van der Waals surface area contributed by atoms with E-state index in [9.17, 15) is 9.59 Å². The van der Waals surface area contributed by atoms with Crippen molar-refractivity contribution in [1.82, 2.24) is 9.80 Å². The van der Waals surface area contributed by atoms with Crippen LogP contribution in [0.5, 0.6) is 0 Å². The minimum Gasteiger partial charge on any atom is -0.320 e. The largest absolute Gasteiger partial charge is 0.320 e. The molecule has 138 valence electrons. The topological polar surface area (TPSA) is 40.6 Å². The number of piperazine rings is 1. The van der Waals surface area contributed by atoms with Crippen LogP contribution in [0, 0.1) is 5.92 Å². The zero-order valence-corrected chi connectivity index (χ0v) is 16.5. The molecule has 3 aliphatic heterocycles. The number of carbonyl (C=O) groups excluding carboxylic acids is 2. The van der Waals surface area contributed by atoms with Gasteiger partial charge in [-0.25, -0.2) is 0 Å². The summed E-state index contributed by atoms with van der Waals surface area (Å²) in [4.78, 5) is 28.3. The molecule has 3 aliphatic rings. The van der Waals surface area contributed by atoms with E-state index >= 15 is 0 Å². The Kier molecular flexibility index (Phi) is 3.36. The number of nitrogens with zero attached hydrogens (tertiary/aromatic N) is 2. The zero-order chi connectivity index (χ0) is 19.0. The summed E-state index contributed by atoms with van der Waals surface area (Å²) in [5, 5.41) is 0. The van der Waals surface area contributed by atoms with Gasteiger partial charge < -0.3 is 9.80 Å². The van der Waals surface area contributed by atoms with Gasteiger partial charge in [-0.1, -0.05) is 73.3 Å². The Morgan fingerprint density at radius 1 is 0.963 bits per heavy atom. The lowest BCUT2D eigenvalue weighted by Gasteiger charge is -2.39. The molecule has 2 amide bonds. The van der Waals surface area contributed by atoms with Gasteiger partial charge in [0.05, 0.1) is 6.04 Å². The molecule has 5 heteroatoms. The molecular weight excluding hydrogens is 356 g/mol. The predicted molar refractivity (Wildman–Crippen MR) is 107 cm³/mol. The van der Waals surface area contributed by atoms with Crippen LogP contribution in [0.15, 0.2) is 54.6 Å². The molecule has 1 spiro atoms. The standard InChI is InChI=1S/C22H22N2O2S/c1-14-13-22-20(26)23(3)21(2,27-22)19(25)24(22)18(14)17-11-9-16(10-12-17)15-7-5-4-6-8-15/h4-12,14,18H,13H2,1-3H3/t14-,18?,21+,22+/m1/s1. The van der Waals surface area contributed by atoms with Crippen molar-refractivity contribution < 1.29 is 9.59 Å². The Hall–Kier alpha value is -2.27. The normalized spacial score (nSPS) is 34.5. The van der Waals surface area contributed by atoms with E-state index in [1.807, 2.05) is 30.0 Å². The van der Waals surface area contributed by atoms with Crippen LogP contribution in [-0.4, -0.2) is 38.4 Å². The summed E-state index contributed by atoms with van der Waals surface area (Å²) < 4.78 is 0. The summed E-state index contributed by atoms with van der Waals surface area (Å²) in [5.74, 6) is 0.380. The minimum absolute atomic E-state index is 0.0469. The average Bonchev–Trinajstić information content (AvgIpc) is 3.17. The van der Waals surface area contributed by atoms with E-state index in [1.165, 1.54) is 17.3 Å². The van der Waals surface area contributed by atoms with Gasteiger partial charge in [-0.15, -0.1) is 0 Å². The van der Waals surface area contributed by atoms with Gasteiger partial charge >= 0.3 is 0 Å². The summed E-state index contributed by atoms with van der Waals surface area (Å²) in [6.07, 6.45) is 0.716. The van der Waals surface area contributed by atoms with Crippen molar-refractivity contribution in [2.75, 3.05) is 7.05 Å². The van der Waals surface area contributed by atoms with Crippen molar-refractivity contribution >= 4 is 23.6 Å². The van der Waals surface area contributed by atoms with Crippen molar-refractivity contribution in [1.29, 1.82) is 0 Å². The molecule has 4 nitrogen and oxygen atoms in total. The molecule has 4 atom stereocenters. The van der Waals surface area contributed by atoms with E-state index in [0.717, 1.165) is 11.1 Å². The van der Waals surface area contributed by atoms with Gasteiger partial charge in [0.25, 0.3) is 11.8 Å². The highest BCUT2D eigenvalue weighted by Crippen LogP contribution is 2.66. The second-order valence-corrected chi connectivity index (χ2v) is 9.70. The van der Waals surface area contributed by atoms with Crippen LogP contribution in [0.25, 0.3) is 11.1 Å². The van der Waals surface area contributed by atoms with Gasteiger partial charge in [0.15, 0.2) is 9.74 Å². The minimum atomic E-state index is -0.764. The summed E-state index contributed by atoms with van der Waals surface area (Å²) in [5.41, 5.74) is 3.45. The smallest absolute Gasteiger partial charge is 0.260 e. The maximum Gasteiger partial charge on any atom is 0.260 e. The van der Waals surface area contributed by atoms with Crippen molar-refractivity contribution in [2.45, 2.75) is 36.1 Å². The molecule has 0 aromatic heterocycles. The van der Waals surface area contributed by atoms with Gasteiger partial charge in [-0.3, -0.25) is 9.59 Å². The second kappa shape index (κ2) is 5.38. The summed E-state index contributed by atoms with van der Waals surface area (Å²) >= 11 is 1.53. The number of fused-ring (bicyclic) bond motifs is 1. The van der Waals surface area contributed by atoms with Gasteiger partial charge in [-0.2, -0.15) is 0 Å². The number of amides is 2. The predicted octanol–water partition coefficient (Wildman–Crippen LogP) is 3.89. The molecule has 27 heavy (non-hydrogen) atoms. The van der Waals surface area contributed by atoms with Crippen LogP contribution in [-0.2, 0) is 9.59 Å². The van der Waals surface area contributed by atoms with Gasteiger partial charge in [0, 0.05) is 7.05 Å². The van der Waals surface area contributed by atoms with Crippen LogP contribution in [0.4, 0.5) is 0 Å². The van der Waals surface area contributed by atoms with Crippen LogP contribution < -0.4 is 0 Å². The molecule has 2 bridgehead atoms. The molecule has 0 radical (unpaired) electrons. The maximum atomic E-state index is 13.2. The van der Waals surface area contributed by atoms with Crippen molar-refractivity contribution in [3.8, 4) is 11.1 Å². The first-order chi connectivity index (χ1) is 12.9. The van der Waals surface area contributed by atoms with E-state index in [0.29, 0.717) is 6.42 Å². The third kappa shape index (κ3) is 2.01. The lowest BCUT2D eigenvalue weighted by Crippen LogP contribution is -2.60. The molecular formula is C22H22N2O2S. The number of hydrogen-bond acceptors (Lipinski definition) is 3. The highest BCUT2D eigenvalue weighted by molar-refractivity contribution is 8.04. The molecule has 0 saturated carbocycles. The number of thioether (sulfide) groups is 1. The van der Waals surface area contributed by atoms with Gasteiger partial charge in [-0.05, 0) is 36.0 Å². The third-order valence-corrected chi connectivity index (χ3v) is 8.15. The van der Waals surface area contributed by atoms with E-state index in [-0.39, 0.29) is 23.8 Å². The number of carbonyl (C=O) groups is 2. The number of hydrogen-bond donors (Lipinski definition) is 0. The van der Waals surface area contributed by atoms with E-state index in [1.54, 1.807) is 11.9 Å². The zero-order valence-electron chi connectivity index (χ0n) is 15.7. The Morgan fingerprint density at radius 2 is 1.59 bits per heavy atom. The number of rotatable bonds is 2. The van der Waals surface area contributed by atoms with Crippen molar-refractivity contribution in [2.24, 2.45) is 5.92 Å². The summed E-state index contributed by atoms with van der Waals surface area (Å²) in [6.45, 7) is 4.03. The van der Waals surface area contributed by atoms with Gasteiger partial charge in [0.2, 0.25) is 0 Å². The highest BCUT2D eigenvalue weighted by Gasteiger charge is 2.75. The molecule has 5 rings (SSSR count). The maximum absolute atomic E-state index is 13.2.